The summed E-state index contributed by atoms with van der Waals surface area (Å²) in [6.07, 6.45) is 0.710. The third-order valence-corrected chi connectivity index (χ3v) is 7.32. The average Bonchev–Trinajstić information content (AvgIpc) is 2.94. The van der Waals surface area contributed by atoms with Crippen molar-refractivity contribution in [2.45, 2.75) is 36.6 Å². The number of nitrogens with zero attached hydrogens (tertiary/aromatic N) is 1. The van der Waals surface area contributed by atoms with E-state index in [1.54, 1.807) is 47.4 Å². The van der Waals surface area contributed by atoms with Gasteiger partial charge in [0, 0.05) is 25.3 Å². The van der Waals surface area contributed by atoms with Gasteiger partial charge in [0.25, 0.3) is 11.8 Å². The first kappa shape index (κ1) is 23.9. The highest BCUT2D eigenvalue weighted by molar-refractivity contribution is 7.85. The van der Waals surface area contributed by atoms with Gasteiger partial charge in [0.15, 0.2) is 0 Å². The van der Waals surface area contributed by atoms with Crippen LogP contribution in [0.15, 0.2) is 76.5 Å². The summed E-state index contributed by atoms with van der Waals surface area (Å²) in [6.45, 7) is 5.94. The molecule has 3 aromatic carbocycles. The molecule has 6 nitrogen and oxygen atoms in total. The summed E-state index contributed by atoms with van der Waals surface area (Å²) in [5, 5.41) is 2.90. The van der Waals surface area contributed by atoms with Crippen molar-refractivity contribution >= 4 is 28.3 Å². The van der Waals surface area contributed by atoms with Crippen molar-refractivity contribution in [3.63, 3.8) is 0 Å². The molecule has 1 aliphatic heterocycles. The number of hydrogen-bond donors (Lipinski definition) is 1. The summed E-state index contributed by atoms with van der Waals surface area (Å²) >= 11 is 0. The molecule has 2 amide bonds. The van der Waals surface area contributed by atoms with Crippen LogP contribution in [0.2, 0.25) is 0 Å². The van der Waals surface area contributed by atoms with Crippen LogP contribution in [0.4, 0.5) is 5.69 Å². The van der Waals surface area contributed by atoms with Crippen LogP contribution in [-0.2, 0) is 22.1 Å². The summed E-state index contributed by atoms with van der Waals surface area (Å²) < 4.78 is 18.8. The molecule has 7 heteroatoms. The van der Waals surface area contributed by atoms with Gasteiger partial charge < -0.3 is 15.0 Å². The zero-order valence-electron chi connectivity index (χ0n) is 19.4. The van der Waals surface area contributed by atoms with Crippen molar-refractivity contribution in [2.75, 3.05) is 24.7 Å². The van der Waals surface area contributed by atoms with E-state index in [1.165, 1.54) is 0 Å². The van der Waals surface area contributed by atoms with Gasteiger partial charge in [0.2, 0.25) is 0 Å². The molecule has 1 atom stereocenters. The minimum Gasteiger partial charge on any atom is -0.382 e. The smallest absolute Gasteiger partial charge is 0.259 e. The van der Waals surface area contributed by atoms with E-state index < -0.39 is 10.8 Å². The number of fused-ring (bicyclic) bond motifs is 2. The molecule has 0 aromatic heterocycles. The molecule has 0 saturated heterocycles. The van der Waals surface area contributed by atoms with E-state index in [0.29, 0.717) is 59.3 Å². The molecule has 0 saturated carbocycles. The number of amides is 2. The van der Waals surface area contributed by atoms with Gasteiger partial charge in [-0.05, 0) is 61.7 Å². The SMILES string of the molecule is CCOCCCNC(=O)c1ccc2c(c1)N(Cc1ccccc1C)C(=O)c1ccccc1[S@@]2=O. The molecule has 34 heavy (non-hydrogen) atoms. The number of anilines is 1. The number of benzene rings is 3. The van der Waals surface area contributed by atoms with Crippen LogP contribution in [0.5, 0.6) is 0 Å². The molecule has 0 radical (unpaired) electrons. The first-order valence-corrected chi connectivity index (χ1v) is 12.5. The standard InChI is InChI=1S/C27H28N2O4S/c1-3-33-16-8-15-28-26(30)20-13-14-25-23(17-20)29(18-21-10-5-4-9-19(21)2)27(31)22-11-6-7-12-24(22)34(25)32/h4-7,9-14,17H,3,8,15-16,18H2,1-2H3,(H,28,30)/t34-/m0/s1. The maximum absolute atomic E-state index is 13.7. The Kier molecular flexibility index (Phi) is 7.55. The predicted molar refractivity (Wildman–Crippen MR) is 133 cm³/mol. The fourth-order valence-corrected chi connectivity index (χ4v) is 5.29. The van der Waals surface area contributed by atoms with E-state index in [1.807, 2.05) is 38.1 Å². The number of rotatable bonds is 8. The fraction of sp³-hybridized carbons (Fsp3) is 0.259. The van der Waals surface area contributed by atoms with E-state index in [4.69, 9.17) is 4.74 Å². The largest absolute Gasteiger partial charge is 0.382 e. The van der Waals surface area contributed by atoms with Gasteiger partial charge in [-0.3, -0.25) is 9.59 Å². The second kappa shape index (κ2) is 10.8. The number of carbonyl (C=O) groups excluding carboxylic acids is 2. The van der Waals surface area contributed by atoms with E-state index in [9.17, 15) is 13.8 Å². The summed E-state index contributed by atoms with van der Waals surface area (Å²) in [6, 6.07) is 19.9. The number of nitrogens with one attached hydrogen (secondary N) is 1. The average molecular weight is 477 g/mol. The van der Waals surface area contributed by atoms with Crippen molar-refractivity contribution in [1.29, 1.82) is 0 Å². The van der Waals surface area contributed by atoms with Gasteiger partial charge in [-0.15, -0.1) is 0 Å². The second-order valence-electron chi connectivity index (χ2n) is 8.07. The van der Waals surface area contributed by atoms with Gasteiger partial charge in [0.1, 0.15) is 0 Å². The zero-order chi connectivity index (χ0) is 24.1. The number of hydrogen-bond acceptors (Lipinski definition) is 4. The Morgan fingerprint density at radius 2 is 1.79 bits per heavy atom. The summed E-state index contributed by atoms with van der Waals surface area (Å²) in [4.78, 5) is 29.1. The van der Waals surface area contributed by atoms with Gasteiger partial charge >= 0.3 is 0 Å². The monoisotopic (exact) mass is 476 g/mol. The van der Waals surface area contributed by atoms with E-state index in [-0.39, 0.29) is 11.8 Å². The first-order chi connectivity index (χ1) is 16.5. The summed E-state index contributed by atoms with van der Waals surface area (Å²) in [5.41, 5.74) is 3.36. The highest BCUT2D eigenvalue weighted by Gasteiger charge is 2.31. The van der Waals surface area contributed by atoms with Crippen LogP contribution in [0.3, 0.4) is 0 Å². The molecule has 1 heterocycles. The van der Waals surface area contributed by atoms with Crippen LogP contribution >= 0.6 is 0 Å². The summed E-state index contributed by atoms with van der Waals surface area (Å²) in [5.74, 6) is -0.477. The van der Waals surface area contributed by atoms with Crippen molar-refractivity contribution in [1.82, 2.24) is 5.32 Å². The zero-order valence-corrected chi connectivity index (χ0v) is 20.2. The molecule has 0 bridgehead atoms. The maximum atomic E-state index is 13.7. The Balaban J connectivity index is 1.72. The van der Waals surface area contributed by atoms with Crippen LogP contribution < -0.4 is 10.2 Å². The summed E-state index contributed by atoms with van der Waals surface area (Å²) in [7, 11) is -1.55. The van der Waals surface area contributed by atoms with Crippen molar-refractivity contribution < 1.29 is 18.5 Å². The molecule has 0 spiro atoms. The minimum atomic E-state index is -1.55. The van der Waals surface area contributed by atoms with Crippen LogP contribution in [0, 0.1) is 6.92 Å². The van der Waals surface area contributed by atoms with Gasteiger partial charge in [-0.2, -0.15) is 0 Å². The Morgan fingerprint density at radius 1 is 1.03 bits per heavy atom. The highest BCUT2D eigenvalue weighted by Crippen LogP contribution is 2.36. The Labute approximate surface area is 202 Å². The lowest BCUT2D eigenvalue weighted by Crippen LogP contribution is -2.31. The van der Waals surface area contributed by atoms with Gasteiger partial charge in [-0.1, -0.05) is 36.4 Å². The van der Waals surface area contributed by atoms with Crippen LogP contribution in [0.1, 0.15) is 45.2 Å². The second-order valence-corrected chi connectivity index (χ2v) is 9.49. The Morgan fingerprint density at radius 3 is 2.59 bits per heavy atom. The maximum Gasteiger partial charge on any atom is 0.259 e. The van der Waals surface area contributed by atoms with Crippen molar-refractivity contribution in [3.8, 4) is 0 Å². The van der Waals surface area contributed by atoms with Gasteiger partial charge in [-0.25, -0.2) is 4.21 Å². The van der Waals surface area contributed by atoms with Crippen molar-refractivity contribution in [3.05, 3.63) is 89.0 Å². The lowest BCUT2D eigenvalue weighted by Gasteiger charge is -2.24. The molecular formula is C27H28N2O4S. The number of aryl methyl sites for hydroxylation is 1. The van der Waals surface area contributed by atoms with E-state index in [2.05, 4.69) is 5.32 Å². The molecule has 4 rings (SSSR count). The predicted octanol–water partition coefficient (Wildman–Crippen LogP) is 4.48. The molecule has 176 valence electrons. The third-order valence-electron chi connectivity index (χ3n) is 5.82. The van der Waals surface area contributed by atoms with Crippen molar-refractivity contribution in [2.24, 2.45) is 0 Å². The van der Waals surface area contributed by atoms with E-state index >= 15 is 0 Å². The van der Waals surface area contributed by atoms with Crippen LogP contribution in [-0.4, -0.2) is 35.8 Å². The molecule has 0 unspecified atom stereocenters. The normalized spacial score (nSPS) is 14.8. The Bertz CT molecular complexity index is 1240. The molecule has 1 N–H and O–H groups in total. The highest BCUT2D eigenvalue weighted by atomic mass is 32.2. The number of carbonyl (C=O) groups is 2. The number of ether oxygens (including phenoxy) is 1. The first-order valence-electron chi connectivity index (χ1n) is 11.4. The fourth-order valence-electron chi connectivity index (χ4n) is 3.94. The Hall–Kier alpha value is -3.29. The topological polar surface area (TPSA) is 75.7 Å². The molecule has 0 aliphatic carbocycles. The van der Waals surface area contributed by atoms with Crippen LogP contribution in [0.25, 0.3) is 0 Å². The third kappa shape index (κ3) is 4.95. The van der Waals surface area contributed by atoms with Gasteiger partial charge in [0.05, 0.1) is 38.4 Å². The lowest BCUT2D eigenvalue weighted by atomic mass is 10.1. The molecule has 3 aromatic rings. The lowest BCUT2D eigenvalue weighted by molar-refractivity contribution is 0.0941. The van der Waals surface area contributed by atoms with E-state index in [0.717, 1.165) is 11.1 Å². The molecule has 1 aliphatic rings. The quantitative estimate of drug-likeness (QED) is 0.487. The minimum absolute atomic E-state index is 0.236. The molecular weight excluding hydrogens is 448 g/mol. The molecule has 0 fully saturated rings.